The second-order valence-corrected chi connectivity index (χ2v) is 5.45. The van der Waals surface area contributed by atoms with E-state index in [0.29, 0.717) is 5.56 Å². The fourth-order valence-electron chi connectivity index (χ4n) is 1.32. The van der Waals surface area contributed by atoms with Gasteiger partial charge in [0.1, 0.15) is 0 Å². The first-order valence-electron chi connectivity index (χ1n) is 4.80. The van der Waals surface area contributed by atoms with E-state index in [1.54, 1.807) is 20.2 Å². The van der Waals surface area contributed by atoms with E-state index in [0.717, 1.165) is 0 Å². The molecule has 0 aliphatic rings. The average Bonchev–Trinajstić information content (AvgIpc) is 2.14. The van der Waals surface area contributed by atoms with Crippen LogP contribution in [0, 0.1) is 0 Å². The van der Waals surface area contributed by atoms with Gasteiger partial charge in [-0.05, 0) is 17.7 Å². The summed E-state index contributed by atoms with van der Waals surface area (Å²) in [6, 6.07) is 5.85. The van der Waals surface area contributed by atoms with Crippen molar-refractivity contribution in [1.82, 2.24) is 9.84 Å². The van der Waals surface area contributed by atoms with Crippen molar-refractivity contribution in [2.24, 2.45) is 0 Å². The molecule has 7 heteroatoms. The minimum atomic E-state index is -3.49. The molecular formula is C10H14N2O4S. The summed E-state index contributed by atoms with van der Waals surface area (Å²) in [6.07, 6.45) is 0. The Balaban J connectivity index is 2.89. The smallest absolute Gasteiger partial charge is 0.335 e. The van der Waals surface area contributed by atoms with Crippen LogP contribution < -0.4 is 4.83 Å². The molecule has 0 radical (unpaired) electrons. The highest BCUT2D eigenvalue weighted by Crippen LogP contribution is 2.08. The maximum atomic E-state index is 11.6. The zero-order chi connectivity index (χ0) is 13.1. The van der Waals surface area contributed by atoms with Gasteiger partial charge in [0.25, 0.3) is 0 Å². The number of carbonyl (C=O) groups is 1. The van der Waals surface area contributed by atoms with Gasteiger partial charge in [-0.15, -0.1) is 4.83 Å². The number of hydrogen-bond donors (Lipinski definition) is 2. The molecule has 1 aromatic carbocycles. The van der Waals surface area contributed by atoms with Crippen molar-refractivity contribution in [3.63, 3.8) is 0 Å². The van der Waals surface area contributed by atoms with E-state index in [-0.39, 0.29) is 11.3 Å². The van der Waals surface area contributed by atoms with Crippen LogP contribution in [-0.4, -0.2) is 38.6 Å². The largest absolute Gasteiger partial charge is 0.478 e. The number of sulfonamides is 1. The van der Waals surface area contributed by atoms with Crippen LogP contribution in [0.15, 0.2) is 24.3 Å². The zero-order valence-electron chi connectivity index (χ0n) is 9.54. The summed E-state index contributed by atoms with van der Waals surface area (Å²) in [4.78, 5) is 13.0. The topological polar surface area (TPSA) is 86.7 Å². The van der Waals surface area contributed by atoms with Gasteiger partial charge in [-0.2, -0.15) is 0 Å². The van der Waals surface area contributed by atoms with Gasteiger partial charge < -0.3 is 5.11 Å². The molecule has 17 heavy (non-hydrogen) atoms. The highest BCUT2D eigenvalue weighted by Gasteiger charge is 2.13. The highest BCUT2D eigenvalue weighted by molar-refractivity contribution is 7.88. The number of nitrogens with one attached hydrogen (secondary N) is 1. The Morgan fingerprint density at radius 1 is 1.41 bits per heavy atom. The molecular weight excluding hydrogens is 244 g/mol. The Kier molecular flexibility index (Phi) is 4.22. The number of hydrazine groups is 1. The summed E-state index contributed by atoms with van der Waals surface area (Å²) in [5, 5.41) is 10.1. The molecule has 1 aromatic rings. The Morgan fingerprint density at radius 2 is 2.06 bits per heavy atom. The predicted molar refractivity (Wildman–Crippen MR) is 62.8 cm³/mol. The minimum Gasteiger partial charge on any atom is -0.478 e. The number of carboxylic acid groups (broad SMARTS) is 1. The van der Waals surface area contributed by atoms with Crippen molar-refractivity contribution in [3.05, 3.63) is 35.4 Å². The van der Waals surface area contributed by atoms with Crippen LogP contribution >= 0.6 is 0 Å². The summed E-state index contributed by atoms with van der Waals surface area (Å²) in [5.74, 6) is -1.34. The second-order valence-electron chi connectivity index (χ2n) is 3.75. The molecule has 0 aliphatic heterocycles. The van der Waals surface area contributed by atoms with E-state index in [4.69, 9.17) is 5.11 Å². The fourth-order valence-corrected chi connectivity index (χ4v) is 2.56. The average molecular weight is 258 g/mol. The Morgan fingerprint density at radius 3 is 2.59 bits per heavy atom. The molecule has 0 atom stereocenters. The molecule has 0 saturated heterocycles. The summed E-state index contributed by atoms with van der Waals surface area (Å²) in [7, 11) is -0.372. The third kappa shape index (κ3) is 4.51. The van der Waals surface area contributed by atoms with E-state index in [2.05, 4.69) is 4.83 Å². The van der Waals surface area contributed by atoms with Crippen LogP contribution in [0.2, 0.25) is 0 Å². The number of aromatic carboxylic acids is 1. The normalized spacial score (nSPS) is 11.7. The van der Waals surface area contributed by atoms with Crippen molar-refractivity contribution < 1.29 is 18.3 Å². The van der Waals surface area contributed by atoms with Crippen LogP contribution in [0.4, 0.5) is 0 Å². The van der Waals surface area contributed by atoms with E-state index in [1.807, 2.05) is 0 Å². The lowest BCUT2D eigenvalue weighted by Crippen LogP contribution is -2.36. The van der Waals surface area contributed by atoms with Crippen LogP contribution in [0.3, 0.4) is 0 Å². The maximum Gasteiger partial charge on any atom is 0.335 e. The van der Waals surface area contributed by atoms with Crippen LogP contribution in [-0.2, 0) is 15.8 Å². The van der Waals surface area contributed by atoms with Gasteiger partial charge in [0, 0.05) is 14.1 Å². The lowest BCUT2D eigenvalue weighted by atomic mass is 10.1. The van der Waals surface area contributed by atoms with Crippen LogP contribution in [0.25, 0.3) is 0 Å². The molecule has 0 unspecified atom stereocenters. The summed E-state index contributed by atoms with van der Waals surface area (Å²) >= 11 is 0. The summed E-state index contributed by atoms with van der Waals surface area (Å²) < 4.78 is 23.2. The van der Waals surface area contributed by atoms with Gasteiger partial charge >= 0.3 is 5.97 Å². The number of hydrogen-bond acceptors (Lipinski definition) is 4. The molecule has 0 aromatic heterocycles. The Hall–Kier alpha value is -1.44. The van der Waals surface area contributed by atoms with Gasteiger partial charge in [-0.3, -0.25) is 0 Å². The molecule has 0 aliphatic carbocycles. The molecule has 0 bridgehead atoms. The van der Waals surface area contributed by atoms with Crippen molar-refractivity contribution in [3.8, 4) is 0 Å². The second kappa shape index (κ2) is 5.26. The van der Waals surface area contributed by atoms with E-state index >= 15 is 0 Å². The standard InChI is InChI=1S/C10H14N2O4S/c1-12(2)11-17(15,16)7-8-4-3-5-9(6-8)10(13)14/h3-6,11H,7H2,1-2H3,(H,13,14). The Labute approximate surface area is 99.9 Å². The molecule has 0 fully saturated rings. The van der Waals surface area contributed by atoms with Crippen molar-refractivity contribution in [1.29, 1.82) is 0 Å². The van der Waals surface area contributed by atoms with E-state index < -0.39 is 16.0 Å². The monoisotopic (exact) mass is 258 g/mol. The molecule has 0 spiro atoms. The molecule has 0 saturated carbocycles. The molecule has 6 nitrogen and oxygen atoms in total. The van der Waals surface area contributed by atoms with Gasteiger partial charge in [0.05, 0.1) is 11.3 Å². The van der Waals surface area contributed by atoms with Crippen molar-refractivity contribution in [2.45, 2.75) is 5.75 Å². The molecule has 0 heterocycles. The third-order valence-corrected chi connectivity index (χ3v) is 3.21. The quantitative estimate of drug-likeness (QED) is 0.741. The van der Waals surface area contributed by atoms with Gasteiger partial charge in [-0.25, -0.2) is 18.2 Å². The Bertz CT molecular complexity index is 511. The molecule has 2 N–H and O–H groups in total. The number of nitrogens with zero attached hydrogens (tertiary/aromatic N) is 1. The summed E-state index contributed by atoms with van der Waals surface area (Å²) in [6.45, 7) is 0. The summed E-state index contributed by atoms with van der Waals surface area (Å²) in [5.41, 5.74) is 0.502. The van der Waals surface area contributed by atoms with Crippen LogP contribution in [0.5, 0.6) is 0 Å². The van der Waals surface area contributed by atoms with Crippen molar-refractivity contribution >= 4 is 16.0 Å². The van der Waals surface area contributed by atoms with Gasteiger partial charge in [0.2, 0.25) is 10.0 Å². The third-order valence-electron chi connectivity index (χ3n) is 1.85. The zero-order valence-corrected chi connectivity index (χ0v) is 10.4. The highest BCUT2D eigenvalue weighted by atomic mass is 32.2. The first-order chi connectivity index (χ1) is 7.80. The predicted octanol–water partition coefficient (Wildman–Crippen LogP) is 0.281. The fraction of sp³-hybridized carbons (Fsp3) is 0.300. The lowest BCUT2D eigenvalue weighted by molar-refractivity contribution is 0.0696. The van der Waals surface area contributed by atoms with Gasteiger partial charge in [0.15, 0.2) is 0 Å². The molecule has 1 rings (SSSR count). The van der Waals surface area contributed by atoms with Crippen molar-refractivity contribution in [2.75, 3.05) is 14.1 Å². The first kappa shape index (κ1) is 13.6. The number of benzene rings is 1. The maximum absolute atomic E-state index is 11.6. The molecule has 0 amide bonds. The van der Waals surface area contributed by atoms with E-state index in [1.165, 1.54) is 23.2 Å². The first-order valence-corrected chi connectivity index (χ1v) is 6.45. The SMILES string of the molecule is CN(C)NS(=O)(=O)Cc1cccc(C(=O)O)c1. The van der Waals surface area contributed by atoms with Gasteiger partial charge in [-0.1, -0.05) is 12.1 Å². The number of rotatable bonds is 5. The lowest BCUT2D eigenvalue weighted by Gasteiger charge is -2.12. The van der Waals surface area contributed by atoms with Crippen LogP contribution in [0.1, 0.15) is 15.9 Å². The molecule has 94 valence electrons. The number of carboxylic acids is 1. The van der Waals surface area contributed by atoms with E-state index in [9.17, 15) is 13.2 Å². The minimum absolute atomic E-state index is 0.0718.